The van der Waals surface area contributed by atoms with Crippen molar-refractivity contribution in [3.63, 3.8) is 0 Å². The van der Waals surface area contributed by atoms with Gasteiger partial charge in [0.05, 0.1) is 0 Å². The Bertz CT molecular complexity index is 312. The summed E-state index contributed by atoms with van der Waals surface area (Å²) in [5, 5.41) is 0. The summed E-state index contributed by atoms with van der Waals surface area (Å²) < 4.78 is 0. The van der Waals surface area contributed by atoms with Crippen molar-refractivity contribution >= 4 is 12.6 Å². The third-order valence-corrected chi connectivity index (χ3v) is 3.30. The molecule has 17 heavy (non-hydrogen) atoms. The maximum Gasteiger partial charge on any atom is 0.0230 e. The van der Waals surface area contributed by atoms with Gasteiger partial charge in [-0.25, -0.2) is 0 Å². The molecule has 0 spiro atoms. The van der Waals surface area contributed by atoms with Gasteiger partial charge in [-0.15, -0.1) is 0 Å². The molecule has 0 fully saturated rings. The van der Waals surface area contributed by atoms with E-state index in [1.165, 1.54) is 43.4 Å². The lowest BCUT2D eigenvalue weighted by atomic mass is 10.1. The predicted octanol–water partition coefficient (Wildman–Crippen LogP) is 3.92. The lowest BCUT2D eigenvalue weighted by Gasteiger charge is -2.16. The SMILES string of the molecule is Cc1cccc(CN(C)CCCCCCS)c1. The molecule has 0 aliphatic carbocycles. The smallest absolute Gasteiger partial charge is 0.0230 e. The Balaban J connectivity index is 2.18. The molecule has 1 nitrogen and oxygen atoms in total. The van der Waals surface area contributed by atoms with Gasteiger partial charge in [-0.2, -0.15) is 12.6 Å². The van der Waals surface area contributed by atoms with E-state index in [0.29, 0.717) is 0 Å². The van der Waals surface area contributed by atoms with Gasteiger partial charge < -0.3 is 4.90 Å². The van der Waals surface area contributed by atoms with Crippen LogP contribution in [0.2, 0.25) is 0 Å². The maximum absolute atomic E-state index is 4.23. The Morgan fingerprint density at radius 3 is 2.59 bits per heavy atom. The molecular weight excluding hydrogens is 226 g/mol. The molecule has 0 aromatic heterocycles. The Labute approximate surface area is 112 Å². The van der Waals surface area contributed by atoms with E-state index in [2.05, 4.69) is 55.8 Å². The van der Waals surface area contributed by atoms with Crippen LogP contribution in [-0.2, 0) is 6.54 Å². The van der Waals surface area contributed by atoms with Crippen LogP contribution >= 0.6 is 12.6 Å². The van der Waals surface area contributed by atoms with Crippen molar-refractivity contribution in [3.05, 3.63) is 35.4 Å². The molecule has 0 aliphatic heterocycles. The van der Waals surface area contributed by atoms with Crippen molar-refractivity contribution in [2.45, 2.75) is 39.2 Å². The van der Waals surface area contributed by atoms with E-state index in [9.17, 15) is 0 Å². The molecule has 0 atom stereocenters. The van der Waals surface area contributed by atoms with Crippen molar-refractivity contribution in [1.29, 1.82) is 0 Å². The lowest BCUT2D eigenvalue weighted by molar-refractivity contribution is 0.317. The molecule has 0 bridgehead atoms. The third-order valence-electron chi connectivity index (χ3n) is 2.98. The highest BCUT2D eigenvalue weighted by Gasteiger charge is 2.00. The highest BCUT2D eigenvalue weighted by Crippen LogP contribution is 2.08. The Hall–Kier alpha value is -0.470. The van der Waals surface area contributed by atoms with Crippen molar-refractivity contribution in [2.75, 3.05) is 19.3 Å². The molecule has 96 valence electrons. The predicted molar refractivity (Wildman–Crippen MR) is 79.8 cm³/mol. The fourth-order valence-electron chi connectivity index (χ4n) is 2.05. The van der Waals surface area contributed by atoms with E-state index in [1.54, 1.807) is 0 Å². The van der Waals surface area contributed by atoms with Crippen LogP contribution in [0.15, 0.2) is 24.3 Å². The molecule has 1 aromatic rings. The lowest BCUT2D eigenvalue weighted by Crippen LogP contribution is -2.19. The molecule has 0 heterocycles. The molecular formula is C15H25NS. The molecule has 0 N–H and O–H groups in total. The van der Waals surface area contributed by atoms with Gasteiger partial charge >= 0.3 is 0 Å². The zero-order valence-corrected chi connectivity index (χ0v) is 12.0. The normalized spacial score (nSPS) is 11.1. The van der Waals surface area contributed by atoms with Crippen LogP contribution in [0.3, 0.4) is 0 Å². The highest BCUT2D eigenvalue weighted by atomic mass is 32.1. The highest BCUT2D eigenvalue weighted by molar-refractivity contribution is 7.80. The number of hydrogen-bond donors (Lipinski definition) is 1. The number of hydrogen-bond acceptors (Lipinski definition) is 2. The average molecular weight is 251 g/mol. The molecule has 0 aliphatic rings. The zero-order chi connectivity index (χ0) is 12.5. The van der Waals surface area contributed by atoms with Crippen LogP contribution < -0.4 is 0 Å². The topological polar surface area (TPSA) is 3.24 Å². The van der Waals surface area contributed by atoms with Crippen LogP contribution in [-0.4, -0.2) is 24.2 Å². The van der Waals surface area contributed by atoms with Gasteiger partial charge in [0.2, 0.25) is 0 Å². The van der Waals surface area contributed by atoms with Gasteiger partial charge in [-0.3, -0.25) is 0 Å². The van der Waals surface area contributed by atoms with E-state index >= 15 is 0 Å². The number of nitrogens with zero attached hydrogens (tertiary/aromatic N) is 1. The molecule has 0 saturated heterocycles. The fourth-order valence-corrected chi connectivity index (χ4v) is 2.27. The minimum absolute atomic E-state index is 1.03. The summed E-state index contributed by atoms with van der Waals surface area (Å²) >= 11 is 4.23. The second kappa shape index (κ2) is 8.60. The van der Waals surface area contributed by atoms with E-state index in [4.69, 9.17) is 0 Å². The van der Waals surface area contributed by atoms with Crippen LogP contribution in [0.5, 0.6) is 0 Å². The Morgan fingerprint density at radius 1 is 1.12 bits per heavy atom. The van der Waals surface area contributed by atoms with E-state index < -0.39 is 0 Å². The first-order valence-corrected chi connectivity index (χ1v) is 7.20. The van der Waals surface area contributed by atoms with Crippen LogP contribution in [0.25, 0.3) is 0 Å². The summed E-state index contributed by atoms with van der Waals surface area (Å²) in [5.74, 6) is 1.03. The first-order chi connectivity index (χ1) is 8.22. The van der Waals surface area contributed by atoms with Crippen molar-refractivity contribution in [3.8, 4) is 0 Å². The summed E-state index contributed by atoms with van der Waals surface area (Å²) in [7, 11) is 2.21. The first kappa shape index (κ1) is 14.6. The molecule has 0 unspecified atom stereocenters. The largest absolute Gasteiger partial charge is 0.302 e. The van der Waals surface area contributed by atoms with Gasteiger partial charge in [0.25, 0.3) is 0 Å². The Kier molecular flexibility index (Phi) is 7.38. The third kappa shape index (κ3) is 6.75. The van der Waals surface area contributed by atoms with Gasteiger partial charge in [-0.05, 0) is 44.7 Å². The summed E-state index contributed by atoms with van der Waals surface area (Å²) in [4.78, 5) is 2.41. The summed E-state index contributed by atoms with van der Waals surface area (Å²) in [6.45, 7) is 4.41. The average Bonchev–Trinajstić information content (AvgIpc) is 2.29. The zero-order valence-electron chi connectivity index (χ0n) is 11.2. The van der Waals surface area contributed by atoms with Gasteiger partial charge in [0.1, 0.15) is 0 Å². The molecule has 2 heteroatoms. The molecule has 1 aromatic carbocycles. The fraction of sp³-hybridized carbons (Fsp3) is 0.600. The molecule has 1 rings (SSSR count). The summed E-state index contributed by atoms with van der Waals surface area (Å²) in [5.41, 5.74) is 2.77. The van der Waals surface area contributed by atoms with Crippen LogP contribution in [0.4, 0.5) is 0 Å². The van der Waals surface area contributed by atoms with Crippen LogP contribution in [0.1, 0.15) is 36.8 Å². The standard InChI is InChI=1S/C15H25NS/c1-14-8-7-9-15(12-14)13-16(2)10-5-3-4-6-11-17/h7-9,12,17H,3-6,10-11,13H2,1-2H3. The van der Waals surface area contributed by atoms with Crippen LogP contribution in [0, 0.1) is 6.92 Å². The molecule has 0 radical (unpaired) electrons. The van der Waals surface area contributed by atoms with Gasteiger partial charge in [-0.1, -0.05) is 42.7 Å². The van der Waals surface area contributed by atoms with E-state index in [1.807, 2.05) is 0 Å². The minimum atomic E-state index is 1.03. The summed E-state index contributed by atoms with van der Waals surface area (Å²) in [6.07, 6.45) is 5.21. The van der Waals surface area contributed by atoms with Crippen molar-refractivity contribution < 1.29 is 0 Å². The first-order valence-electron chi connectivity index (χ1n) is 6.57. The number of benzene rings is 1. The Morgan fingerprint density at radius 2 is 1.88 bits per heavy atom. The van der Waals surface area contributed by atoms with Gasteiger partial charge in [0.15, 0.2) is 0 Å². The molecule has 0 saturated carbocycles. The van der Waals surface area contributed by atoms with E-state index in [0.717, 1.165) is 12.3 Å². The van der Waals surface area contributed by atoms with Gasteiger partial charge in [0, 0.05) is 6.54 Å². The number of thiol groups is 1. The quantitative estimate of drug-likeness (QED) is 0.541. The molecule has 0 amide bonds. The van der Waals surface area contributed by atoms with Crippen molar-refractivity contribution in [1.82, 2.24) is 4.90 Å². The van der Waals surface area contributed by atoms with E-state index in [-0.39, 0.29) is 0 Å². The second-order valence-corrected chi connectivity index (χ2v) is 5.31. The maximum atomic E-state index is 4.23. The summed E-state index contributed by atoms with van der Waals surface area (Å²) in [6, 6.07) is 8.79. The monoisotopic (exact) mass is 251 g/mol. The minimum Gasteiger partial charge on any atom is -0.302 e. The second-order valence-electron chi connectivity index (χ2n) is 4.86. The number of rotatable bonds is 8. The number of aryl methyl sites for hydroxylation is 1. The van der Waals surface area contributed by atoms with Crippen molar-refractivity contribution in [2.24, 2.45) is 0 Å². The number of unbranched alkanes of at least 4 members (excludes halogenated alkanes) is 3.